The van der Waals surface area contributed by atoms with E-state index in [9.17, 15) is 9.90 Å². The van der Waals surface area contributed by atoms with E-state index in [0.717, 1.165) is 11.3 Å². The van der Waals surface area contributed by atoms with Crippen LogP contribution in [0.15, 0.2) is 24.3 Å². The summed E-state index contributed by atoms with van der Waals surface area (Å²) < 4.78 is 5.54. The molecule has 0 aliphatic rings. The van der Waals surface area contributed by atoms with Crippen LogP contribution in [0.2, 0.25) is 0 Å². The fraction of sp³-hybridized carbons (Fsp3) is 0.562. The van der Waals surface area contributed by atoms with E-state index in [1.54, 1.807) is 12.1 Å². The minimum atomic E-state index is -0.725. The third kappa shape index (κ3) is 7.11. The van der Waals surface area contributed by atoms with Gasteiger partial charge in [0, 0.05) is 19.0 Å². The molecule has 0 saturated heterocycles. The van der Waals surface area contributed by atoms with E-state index in [2.05, 4.69) is 5.32 Å². The summed E-state index contributed by atoms with van der Waals surface area (Å²) in [5.41, 5.74) is 6.34. The molecule has 0 aliphatic heterocycles. The van der Waals surface area contributed by atoms with E-state index in [1.165, 1.54) is 0 Å². The normalized spacial score (nSPS) is 13.8. The average Bonchev–Trinajstić information content (AvgIpc) is 2.42. The molecule has 0 saturated carbocycles. The SMILES string of the molecule is CC(N)CCC(=O)NCC(O)c1ccc(OC(C)C)cc1. The molecule has 1 amide bonds. The highest BCUT2D eigenvalue weighted by Crippen LogP contribution is 2.18. The maximum Gasteiger partial charge on any atom is 0.220 e. The van der Waals surface area contributed by atoms with Crippen molar-refractivity contribution in [2.45, 2.75) is 51.9 Å². The lowest BCUT2D eigenvalue weighted by molar-refractivity contribution is -0.121. The number of carbonyl (C=O) groups is 1. The Morgan fingerprint density at radius 1 is 1.29 bits per heavy atom. The molecular formula is C16H26N2O3. The largest absolute Gasteiger partial charge is 0.491 e. The van der Waals surface area contributed by atoms with Crippen LogP contribution in [0.3, 0.4) is 0 Å². The fourth-order valence-electron chi connectivity index (χ4n) is 1.82. The van der Waals surface area contributed by atoms with Crippen molar-refractivity contribution in [3.8, 4) is 5.75 Å². The summed E-state index contributed by atoms with van der Waals surface area (Å²) in [5.74, 6) is 0.674. The molecule has 1 aromatic rings. The van der Waals surface area contributed by atoms with Crippen LogP contribution in [-0.4, -0.2) is 29.7 Å². The van der Waals surface area contributed by atoms with Gasteiger partial charge in [0.05, 0.1) is 12.2 Å². The molecule has 0 spiro atoms. The van der Waals surface area contributed by atoms with Crippen LogP contribution in [0, 0.1) is 0 Å². The summed E-state index contributed by atoms with van der Waals surface area (Å²) in [5, 5.41) is 12.7. The van der Waals surface area contributed by atoms with Crippen LogP contribution < -0.4 is 15.8 Å². The molecule has 4 N–H and O–H groups in total. The van der Waals surface area contributed by atoms with Crippen molar-refractivity contribution in [1.82, 2.24) is 5.32 Å². The average molecular weight is 294 g/mol. The topological polar surface area (TPSA) is 84.6 Å². The summed E-state index contributed by atoms with van der Waals surface area (Å²) in [6, 6.07) is 7.24. The Morgan fingerprint density at radius 3 is 2.43 bits per heavy atom. The molecule has 5 nitrogen and oxygen atoms in total. The molecule has 1 aromatic carbocycles. The number of hydrogen-bond acceptors (Lipinski definition) is 4. The van der Waals surface area contributed by atoms with E-state index in [1.807, 2.05) is 32.9 Å². The summed E-state index contributed by atoms with van der Waals surface area (Å²) in [6.07, 6.45) is 0.414. The van der Waals surface area contributed by atoms with Crippen molar-refractivity contribution >= 4 is 5.91 Å². The molecule has 21 heavy (non-hydrogen) atoms. The molecule has 5 heteroatoms. The number of rotatable bonds is 8. The standard InChI is InChI=1S/C16H26N2O3/c1-11(2)21-14-7-5-13(6-8-14)15(19)10-18-16(20)9-4-12(3)17/h5-8,11-12,15,19H,4,9-10,17H2,1-3H3,(H,18,20). The number of benzene rings is 1. The summed E-state index contributed by atoms with van der Waals surface area (Å²) >= 11 is 0. The molecule has 0 radical (unpaired) electrons. The molecule has 0 fully saturated rings. The van der Waals surface area contributed by atoms with Crippen molar-refractivity contribution in [3.63, 3.8) is 0 Å². The van der Waals surface area contributed by atoms with Gasteiger partial charge in [-0.2, -0.15) is 0 Å². The molecule has 0 heterocycles. The van der Waals surface area contributed by atoms with E-state index in [0.29, 0.717) is 12.8 Å². The zero-order chi connectivity index (χ0) is 15.8. The van der Waals surface area contributed by atoms with E-state index in [4.69, 9.17) is 10.5 Å². The van der Waals surface area contributed by atoms with Gasteiger partial charge < -0.3 is 20.9 Å². The van der Waals surface area contributed by atoms with Gasteiger partial charge in [-0.05, 0) is 44.9 Å². The van der Waals surface area contributed by atoms with E-state index < -0.39 is 6.10 Å². The van der Waals surface area contributed by atoms with Gasteiger partial charge in [-0.15, -0.1) is 0 Å². The molecule has 1 rings (SSSR count). The molecule has 2 atom stereocenters. The van der Waals surface area contributed by atoms with Gasteiger partial charge in [0.25, 0.3) is 0 Å². The molecule has 0 aromatic heterocycles. The van der Waals surface area contributed by atoms with E-state index in [-0.39, 0.29) is 24.6 Å². The van der Waals surface area contributed by atoms with Crippen LogP contribution >= 0.6 is 0 Å². The Labute approximate surface area is 126 Å². The minimum Gasteiger partial charge on any atom is -0.491 e. The maximum atomic E-state index is 11.6. The van der Waals surface area contributed by atoms with Crippen LogP contribution in [0.5, 0.6) is 5.75 Å². The summed E-state index contributed by atoms with van der Waals surface area (Å²) in [7, 11) is 0. The van der Waals surface area contributed by atoms with E-state index >= 15 is 0 Å². The number of hydrogen-bond donors (Lipinski definition) is 3. The monoisotopic (exact) mass is 294 g/mol. The van der Waals surface area contributed by atoms with Crippen molar-refractivity contribution in [3.05, 3.63) is 29.8 Å². The van der Waals surface area contributed by atoms with Crippen LogP contribution in [0.4, 0.5) is 0 Å². The Morgan fingerprint density at radius 2 is 1.90 bits per heavy atom. The lowest BCUT2D eigenvalue weighted by atomic mass is 10.1. The Kier molecular flexibility index (Phi) is 7.19. The van der Waals surface area contributed by atoms with Crippen LogP contribution in [0.1, 0.15) is 45.3 Å². The predicted molar refractivity (Wildman–Crippen MR) is 83.1 cm³/mol. The van der Waals surface area contributed by atoms with Gasteiger partial charge >= 0.3 is 0 Å². The molecule has 0 aliphatic carbocycles. The van der Waals surface area contributed by atoms with Gasteiger partial charge in [-0.3, -0.25) is 4.79 Å². The lowest BCUT2D eigenvalue weighted by Crippen LogP contribution is -2.29. The number of aliphatic hydroxyl groups excluding tert-OH is 1. The van der Waals surface area contributed by atoms with Gasteiger partial charge in [0.2, 0.25) is 5.91 Å². The Balaban J connectivity index is 2.41. The van der Waals surface area contributed by atoms with Crippen LogP contribution in [-0.2, 0) is 4.79 Å². The minimum absolute atomic E-state index is 0.00850. The number of ether oxygens (including phenoxy) is 1. The van der Waals surface area contributed by atoms with Gasteiger partial charge in [0.1, 0.15) is 5.75 Å². The first-order chi connectivity index (χ1) is 9.88. The zero-order valence-corrected chi connectivity index (χ0v) is 13.0. The third-order valence-electron chi connectivity index (χ3n) is 2.96. The lowest BCUT2D eigenvalue weighted by Gasteiger charge is -2.14. The third-order valence-corrected chi connectivity index (χ3v) is 2.96. The molecular weight excluding hydrogens is 268 g/mol. The van der Waals surface area contributed by atoms with Crippen LogP contribution in [0.25, 0.3) is 0 Å². The predicted octanol–water partition coefficient (Wildman–Crippen LogP) is 1.75. The highest BCUT2D eigenvalue weighted by atomic mass is 16.5. The second-order valence-corrected chi connectivity index (χ2v) is 5.57. The highest BCUT2D eigenvalue weighted by molar-refractivity contribution is 5.75. The molecule has 0 bridgehead atoms. The first-order valence-corrected chi connectivity index (χ1v) is 7.35. The van der Waals surface area contributed by atoms with Crippen molar-refractivity contribution in [2.24, 2.45) is 5.73 Å². The number of nitrogens with one attached hydrogen (secondary N) is 1. The van der Waals surface area contributed by atoms with Crippen molar-refractivity contribution < 1.29 is 14.6 Å². The first-order valence-electron chi connectivity index (χ1n) is 7.35. The molecule has 118 valence electrons. The highest BCUT2D eigenvalue weighted by Gasteiger charge is 2.10. The second-order valence-electron chi connectivity index (χ2n) is 5.57. The Hall–Kier alpha value is -1.59. The summed E-state index contributed by atoms with van der Waals surface area (Å²) in [6.45, 7) is 5.98. The second kappa shape index (κ2) is 8.64. The van der Waals surface area contributed by atoms with Crippen molar-refractivity contribution in [1.29, 1.82) is 0 Å². The number of nitrogens with two attached hydrogens (primary N) is 1. The fourth-order valence-corrected chi connectivity index (χ4v) is 1.82. The number of carbonyl (C=O) groups excluding carboxylic acids is 1. The Bertz CT molecular complexity index is 430. The first kappa shape index (κ1) is 17.5. The number of amides is 1. The molecule has 2 unspecified atom stereocenters. The quantitative estimate of drug-likeness (QED) is 0.682. The van der Waals surface area contributed by atoms with Crippen molar-refractivity contribution in [2.75, 3.05) is 6.54 Å². The number of aliphatic hydroxyl groups is 1. The maximum absolute atomic E-state index is 11.6. The zero-order valence-electron chi connectivity index (χ0n) is 13.0. The summed E-state index contributed by atoms with van der Waals surface area (Å²) in [4.78, 5) is 11.6. The van der Waals surface area contributed by atoms with Gasteiger partial charge in [0.15, 0.2) is 0 Å². The van der Waals surface area contributed by atoms with Gasteiger partial charge in [-0.1, -0.05) is 12.1 Å². The smallest absolute Gasteiger partial charge is 0.220 e. The van der Waals surface area contributed by atoms with Gasteiger partial charge in [-0.25, -0.2) is 0 Å².